The first-order chi connectivity index (χ1) is 7.40. The van der Waals surface area contributed by atoms with Crippen molar-refractivity contribution >= 4 is 11.8 Å². The average molecular weight is 228 g/mol. The summed E-state index contributed by atoms with van der Waals surface area (Å²) < 4.78 is 26.1. The highest BCUT2D eigenvalue weighted by Gasteiger charge is 2.13. The van der Waals surface area contributed by atoms with Crippen molar-refractivity contribution in [3.05, 3.63) is 34.9 Å². The molecule has 0 spiro atoms. The summed E-state index contributed by atoms with van der Waals surface area (Å²) in [4.78, 5) is 21.4. The molecule has 0 aromatic heterocycles. The van der Waals surface area contributed by atoms with E-state index in [4.69, 9.17) is 5.11 Å². The summed E-state index contributed by atoms with van der Waals surface area (Å²) in [5.41, 5.74) is 0.240. The molecule has 0 heterocycles. The van der Waals surface area contributed by atoms with Crippen molar-refractivity contribution in [2.75, 3.05) is 0 Å². The smallest absolute Gasteiger partial charge is 0.310 e. The van der Waals surface area contributed by atoms with Crippen molar-refractivity contribution < 1.29 is 23.5 Å². The molecule has 1 aromatic rings. The predicted molar refractivity (Wildman–Crippen MR) is 52.1 cm³/mol. The van der Waals surface area contributed by atoms with E-state index in [0.717, 1.165) is 0 Å². The molecule has 0 fully saturated rings. The molecule has 0 aliphatic heterocycles. The molecule has 5 heteroatoms. The van der Waals surface area contributed by atoms with Crippen molar-refractivity contribution in [2.45, 2.75) is 19.8 Å². The number of carboxylic acid groups (broad SMARTS) is 1. The van der Waals surface area contributed by atoms with Gasteiger partial charge in [-0.3, -0.25) is 9.59 Å². The SMILES string of the molecule is Cc1cc(CC(=O)CC(=O)O)c(F)cc1F. The Morgan fingerprint density at radius 3 is 2.44 bits per heavy atom. The maximum absolute atomic E-state index is 13.2. The second kappa shape index (κ2) is 4.83. The van der Waals surface area contributed by atoms with Gasteiger partial charge in [-0.2, -0.15) is 0 Å². The minimum atomic E-state index is -1.26. The van der Waals surface area contributed by atoms with E-state index < -0.39 is 29.8 Å². The molecule has 0 unspecified atom stereocenters. The highest BCUT2D eigenvalue weighted by Crippen LogP contribution is 2.15. The van der Waals surface area contributed by atoms with Crippen molar-refractivity contribution in [3.63, 3.8) is 0 Å². The Hall–Kier alpha value is -1.78. The fourth-order valence-corrected chi connectivity index (χ4v) is 1.30. The maximum Gasteiger partial charge on any atom is 0.310 e. The third-order valence-corrected chi connectivity index (χ3v) is 2.06. The predicted octanol–water partition coefficient (Wildman–Crippen LogP) is 1.86. The minimum absolute atomic E-state index is 0.0187. The van der Waals surface area contributed by atoms with Gasteiger partial charge in [-0.1, -0.05) is 0 Å². The van der Waals surface area contributed by atoms with Crippen LogP contribution in [-0.2, 0) is 16.0 Å². The number of carbonyl (C=O) groups is 2. The first-order valence-electron chi connectivity index (χ1n) is 4.58. The molecule has 86 valence electrons. The lowest BCUT2D eigenvalue weighted by Crippen LogP contribution is -2.10. The van der Waals surface area contributed by atoms with E-state index in [0.29, 0.717) is 6.07 Å². The molecule has 16 heavy (non-hydrogen) atoms. The average Bonchev–Trinajstić information content (AvgIpc) is 2.12. The number of aryl methyl sites for hydroxylation is 1. The van der Waals surface area contributed by atoms with Crippen LogP contribution in [0.4, 0.5) is 8.78 Å². The minimum Gasteiger partial charge on any atom is -0.481 e. The van der Waals surface area contributed by atoms with Gasteiger partial charge < -0.3 is 5.11 Å². The van der Waals surface area contributed by atoms with E-state index in [1.807, 2.05) is 0 Å². The van der Waals surface area contributed by atoms with Gasteiger partial charge in [-0.05, 0) is 24.1 Å². The summed E-state index contributed by atoms with van der Waals surface area (Å²) >= 11 is 0. The van der Waals surface area contributed by atoms with Gasteiger partial charge in [0.05, 0.1) is 0 Å². The van der Waals surface area contributed by atoms with Crippen LogP contribution < -0.4 is 0 Å². The second-order valence-corrected chi connectivity index (χ2v) is 3.48. The molecule has 0 aliphatic carbocycles. The number of Topliss-reactive ketones (excluding diaryl/α,β-unsaturated/α-hetero) is 1. The Bertz CT molecular complexity index is 441. The third-order valence-electron chi connectivity index (χ3n) is 2.06. The van der Waals surface area contributed by atoms with Crippen LogP contribution in [0.1, 0.15) is 17.5 Å². The van der Waals surface area contributed by atoms with Crippen LogP contribution in [0.2, 0.25) is 0 Å². The second-order valence-electron chi connectivity index (χ2n) is 3.48. The van der Waals surface area contributed by atoms with E-state index in [-0.39, 0.29) is 17.5 Å². The molecule has 3 nitrogen and oxygen atoms in total. The molecule has 0 amide bonds. The van der Waals surface area contributed by atoms with Gasteiger partial charge in [0.1, 0.15) is 23.8 Å². The highest BCUT2D eigenvalue weighted by molar-refractivity contribution is 5.95. The van der Waals surface area contributed by atoms with Crippen LogP contribution in [0.25, 0.3) is 0 Å². The van der Waals surface area contributed by atoms with Gasteiger partial charge in [0.15, 0.2) is 0 Å². The van der Waals surface area contributed by atoms with Gasteiger partial charge in [0.2, 0.25) is 0 Å². The van der Waals surface area contributed by atoms with Crippen LogP contribution in [0, 0.1) is 18.6 Å². The van der Waals surface area contributed by atoms with E-state index in [1.165, 1.54) is 13.0 Å². The number of benzene rings is 1. The molecule has 0 saturated carbocycles. The molecule has 1 rings (SSSR count). The van der Waals surface area contributed by atoms with Crippen molar-refractivity contribution in [1.29, 1.82) is 0 Å². The van der Waals surface area contributed by atoms with Crippen molar-refractivity contribution in [1.82, 2.24) is 0 Å². The number of aliphatic carboxylic acids is 1. The zero-order chi connectivity index (χ0) is 12.3. The number of rotatable bonds is 4. The normalized spacial score (nSPS) is 10.2. The summed E-state index contributed by atoms with van der Waals surface area (Å²) in [6.07, 6.45) is -0.991. The standard InChI is InChI=1S/C11H10F2O3/c1-6-2-7(10(13)5-9(6)12)3-8(14)4-11(15)16/h2,5H,3-4H2,1H3,(H,15,16). The molecule has 0 saturated heterocycles. The Kier molecular flexibility index (Phi) is 3.71. The van der Waals surface area contributed by atoms with Crippen LogP contribution in [0.5, 0.6) is 0 Å². The zero-order valence-corrected chi connectivity index (χ0v) is 8.59. The van der Waals surface area contributed by atoms with E-state index >= 15 is 0 Å². The number of carbonyl (C=O) groups excluding carboxylic acids is 1. The fourth-order valence-electron chi connectivity index (χ4n) is 1.30. The van der Waals surface area contributed by atoms with Crippen molar-refractivity contribution in [2.24, 2.45) is 0 Å². The van der Waals surface area contributed by atoms with Crippen LogP contribution >= 0.6 is 0 Å². The lowest BCUT2D eigenvalue weighted by atomic mass is 10.0. The Labute approximate surface area is 90.7 Å². The number of hydrogen-bond acceptors (Lipinski definition) is 2. The van der Waals surface area contributed by atoms with Gasteiger partial charge in [0, 0.05) is 12.5 Å². The molecule has 0 bridgehead atoms. The van der Waals surface area contributed by atoms with E-state index in [1.54, 1.807) is 0 Å². The Morgan fingerprint density at radius 1 is 1.25 bits per heavy atom. The van der Waals surface area contributed by atoms with Crippen LogP contribution in [0.3, 0.4) is 0 Å². The number of hydrogen-bond donors (Lipinski definition) is 1. The highest BCUT2D eigenvalue weighted by atomic mass is 19.1. The summed E-state index contributed by atoms with van der Waals surface area (Å²) in [5.74, 6) is -3.39. The fraction of sp³-hybridized carbons (Fsp3) is 0.273. The molecule has 0 radical (unpaired) electrons. The van der Waals surface area contributed by atoms with Crippen molar-refractivity contribution in [3.8, 4) is 0 Å². The van der Waals surface area contributed by atoms with Gasteiger partial charge in [-0.25, -0.2) is 8.78 Å². The summed E-state index contributed by atoms with van der Waals surface area (Å²) in [6.45, 7) is 1.44. The molecule has 1 aromatic carbocycles. The lowest BCUT2D eigenvalue weighted by Gasteiger charge is -2.04. The summed E-state index contributed by atoms with van der Waals surface area (Å²) in [7, 11) is 0. The Balaban J connectivity index is 2.85. The van der Waals surface area contributed by atoms with Crippen LogP contribution in [0.15, 0.2) is 12.1 Å². The molecule has 1 N–H and O–H groups in total. The summed E-state index contributed by atoms with van der Waals surface area (Å²) in [6, 6.07) is 1.91. The van der Waals surface area contributed by atoms with Gasteiger partial charge in [0.25, 0.3) is 0 Å². The topological polar surface area (TPSA) is 54.4 Å². The monoisotopic (exact) mass is 228 g/mol. The lowest BCUT2D eigenvalue weighted by molar-refractivity contribution is -0.140. The molecule has 0 atom stereocenters. The number of ketones is 1. The van der Waals surface area contributed by atoms with E-state index in [9.17, 15) is 18.4 Å². The third kappa shape index (κ3) is 3.12. The molecular formula is C11H10F2O3. The van der Waals surface area contributed by atoms with Gasteiger partial charge >= 0.3 is 5.97 Å². The molecular weight excluding hydrogens is 218 g/mol. The first-order valence-corrected chi connectivity index (χ1v) is 4.58. The zero-order valence-electron chi connectivity index (χ0n) is 8.59. The molecule has 0 aliphatic rings. The first kappa shape index (κ1) is 12.3. The van der Waals surface area contributed by atoms with E-state index in [2.05, 4.69) is 0 Å². The maximum atomic E-state index is 13.2. The largest absolute Gasteiger partial charge is 0.481 e. The quantitative estimate of drug-likeness (QED) is 0.800. The van der Waals surface area contributed by atoms with Crippen LogP contribution in [-0.4, -0.2) is 16.9 Å². The van der Waals surface area contributed by atoms with Gasteiger partial charge in [-0.15, -0.1) is 0 Å². The number of halogens is 2. The summed E-state index contributed by atoms with van der Waals surface area (Å²) in [5, 5.41) is 8.36. The number of carboxylic acids is 1. The Morgan fingerprint density at radius 2 is 1.88 bits per heavy atom.